The SMILES string of the molecule is Cl.Clc1ccc2ccncc2c1Cl. The fraction of sp³-hybridized carbons (Fsp3) is 0. The highest BCUT2D eigenvalue weighted by molar-refractivity contribution is 6.45. The molecule has 1 nitrogen and oxygen atoms in total. The van der Waals surface area contributed by atoms with Gasteiger partial charge in [-0.1, -0.05) is 29.3 Å². The standard InChI is InChI=1S/C9H5Cl2N.ClH/c10-8-2-1-6-3-4-12-5-7(6)9(8)11;/h1-5H;1H. The predicted molar refractivity (Wildman–Crippen MR) is 59.0 cm³/mol. The molecule has 0 aliphatic carbocycles. The highest BCUT2D eigenvalue weighted by Gasteiger charge is 2.01. The first-order chi connectivity index (χ1) is 5.79. The minimum Gasteiger partial charge on any atom is -0.264 e. The molecular weight excluding hydrogens is 228 g/mol. The van der Waals surface area contributed by atoms with Crippen LogP contribution >= 0.6 is 35.6 Å². The number of hydrogen-bond donors (Lipinski definition) is 0. The third-order valence-electron chi connectivity index (χ3n) is 1.71. The third-order valence-corrected chi connectivity index (χ3v) is 2.53. The van der Waals surface area contributed by atoms with Gasteiger partial charge in [0.05, 0.1) is 10.0 Å². The Balaban J connectivity index is 0.000000845. The van der Waals surface area contributed by atoms with Crippen LogP contribution < -0.4 is 0 Å². The summed E-state index contributed by atoms with van der Waals surface area (Å²) >= 11 is 11.8. The van der Waals surface area contributed by atoms with Crippen LogP contribution in [0.4, 0.5) is 0 Å². The molecule has 2 rings (SSSR count). The number of fused-ring (bicyclic) bond motifs is 1. The lowest BCUT2D eigenvalue weighted by Gasteiger charge is -2.00. The molecule has 0 saturated carbocycles. The van der Waals surface area contributed by atoms with Crippen molar-refractivity contribution in [2.24, 2.45) is 0 Å². The molecule has 0 radical (unpaired) electrons. The number of pyridine rings is 1. The quantitative estimate of drug-likeness (QED) is 0.672. The van der Waals surface area contributed by atoms with Crippen LogP contribution in [0.1, 0.15) is 0 Å². The first-order valence-electron chi connectivity index (χ1n) is 3.47. The van der Waals surface area contributed by atoms with Crippen molar-refractivity contribution in [3.05, 3.63) is 40.6 Å². The van der Waals surface area contributed by atoms with E-state index < -0.39 is 0 Å². The van der Waals surface area contributed by atoms with Crippen LogP contribution in [0.15, 0.2) is 30.6 Å². The lowest BCUT2D eigenvalue weighted by Crippen LogP contribution is -1.77. The smallest absolute Gasteiger partial charge is 0.0686 e. The summed E-state index contributed by atoms with van der Waals surface area (Å²) in [6, 6.07) is 5.61. The molecule has 0 aliphatic heterocycles. The number of hydrogen-bond acceptors (Lipinski definition) is 1. The fourth-order valence-corrected chi connectivity index (χ4v) is 1.48. The first-order valence-corrected chi connectivity index (χ1v) is 4.22. The summed E-state index contributed by atoms with van der Waals surface area (Å²) in [6.07, 6.45) is 3.44. The van der Waals surface area contributed by atoms with Crippen molar-refractivity contribution in [3.8, 4) is 0 Å². The second-order valence-electron chi connectivity index (χ2n) is 2.46. The Hall–Kier alpha value is -0.500. The fourth-order valence-electron chi connectivity index (χ4n) is 1.10. The molecule has 0 spiro atoms. The largest absolute Gasteiger partial charge is 0.264 e. The van der Waals surface area contributed by atoms with Gasteiger partial charge < -0.3 is 0 Å². The van der Waals surface area contributed by atoms with Crippen LogP contribution in [-0.2, 0) is 0 Å². The number of benzene rings is 1. The minimum atomic E-state index is 0. The maximum Gasteiger partial charge on any atom is 0.0686 e. The summed E-state index contributed by atoms with van der Waals surface area (Å²) in [5, 5.41) is 3.09. The highest BCUT2D eigenvalue weighted by atomic mass is 35.5. The Morgan fingerprint density at radius 1 is 1.08 bits per heavy atom. The van der Waals surface area contributed by atoms with Crippen molar-refractivity contribution in [2.75, 3.05) is 0 Å². The maximum atomic E-state index is 5.95. The van der Waals surface area contributed by atoms with Crippen LogP contribution in [0.3, 0.4) is 0 Å². The van der Waals surface area contributed by atoms with Gasteiger partial charge in [-0.2, -0.15) is 0 Å². The second kappa shape index (κ2) is 4.14. The van der Waals surface area contributed by atoms with E-state index in [1.807, 2.05) is 12.1 Å². The van der Waals surface area contributed by atoms with Gasteiger partial charge in [0.2, 0.25) is 0 Å². The molecule has 0 saturated heterocycles. The van der Waals surface area contributed by atoms with Crippen LogP contribution in [0.5, 0.6) is 0 Å². The molecule has 1 heterocycles. The van der Waals surface area contributed by atoms with Crippen molar-refractivity contribution in [2.45, 2.75) is 0 Å². The van der Waals surface area contributed by atoms with Crippen molar-refractivity contribution < 1.29 is 0 Å². The summed E-state index contributed by atoms with van der Waals surface area (Å²) in [7, 11) is 0. The third kappa shape index (κ3) is 1.88. The zero-order valence-corrected chi connectivity index (χ0v) is 8.83. The van der Waals surface area contributed by atoms with Gasteiger partial charge in [-0.15, -0.1) is 12.4 Å². The van der Waals surface area contributed by atoms with Crippen molar-refractivity contribution >= 4 is 46.4 Å². The molecule has 0 atom stereocenters. The molecule has 1 aromatic heterocycles. The van der Waals surface area contributed by atoms with Crippen LogP contribution in [-0.4, -0.2) is 4.98 Å². The van der Waals surface area contributed by atoms with Gasteiger partial charge in [-0.3, -0.25) is 4.98 Å². The monoisotopic (exact) mass is 233 g/mol. The Labute approximate surface area is 92.1 Å². The van der Waals surface area contributed by atoms with Crippen molar-refractivity contribution in [3.63, 3.8) is 0 Å². The Bertz CT molecular complexity index is 428. The zero-order chi connectivity index (χ0) is 8.55. The molecule has 4 heteroatoms. The molecule has 0 amide bonds. The zero-order valence-electron chi connectivity index (χ0n) is 6.50. The van der Waals surface area contributed by atoms with Crippen LogP contribution in [0, 0.1) is 0 Å². The van der Waals surface area contributed by atoms with Gasteiger partial charge in [0.1, 0.15) is 0 Å². The van der Waals surface area contributed by atoms with E-state index in [0.29, 0.717) is 10.0 Å². The molecule has 13 heavy (non-hydrogen) atoms. The first kappa shape index (κ1) is 10.6. The molecule has 0 N–H and O–H groups in total. The maximum absolute atomic E-state index is 5.95. The van der Waals surface area contributed by atoms with E-state index in [2.05, 4.69) is 4.98 Å². The summed E-state index contributed by atoms with van der Waals surface area (Å²) in [6.45, 7) is 0. The average Bonchev–Trinajstić information content (AvgIpc) is 2.12. The van der Waals surface area contributed by atoms with E-state index in [0.717, 1.165) is 10.8 Å². The number of nitrogens with zero attached hydrogens (tertiary/aromatic N) is 1. The average molecular weight is 235 g/mol. The molecule has 2 aromatic rings. The van der Waals surface area contributed by atoms with E-state index in [1.165, 1.54) is 0 Å². The molecule has 0 fully saturated rings. The molecule has 1 aromatic carbocycles. The number of halogens is 3. The molecule has 0 bridgehead atoms. The van der Waals surface area contributed by atoms with Gasteiger partial charge >= 0.3 is 0 Å². The normalized spacial score (nSPS) is 9.69. The summed E-state index contributed by atoms with van der Waals surface area (Å²) < 4.78 is 0. The molecule has 68 valence electrons. The van der Waals surface area contributed by atoms with Crippen molar-refractivity contribution in [1.82, 2.24) is 4.98 Å². The number of rotatable bonds is 0. The topological polar surface area (TPSA) is 12.9 Å². The van der Waals surface area contributed by atoms with Crippen LogP contribution in [0.25, 0.3) is 10.8 Å². The van der Waals surface area contributed by atoms with E-state index in [1.54, 1.807) is 18.5 Å². The van der Waals surface area contributed by atoms with Crippen LogP contribution in [0.2, 0.25) is 10.0 Å². The second-order valence-corrected chi connectivity index (χ2v) is 3.24. The van der Waals surface area contributed by atoms with E-state index >= 15 is 0 Å². The van der Waals surface area contributed by atoms with Gasteiger partial charge in [0.15, 0.2) is 0 Å². The Morgan fingerprint density at radius 3 is 2.62 bits per heavy atom. The van der Waals surface area contributed by atoms with Gasteiger partial charge in [0, 0.05) is 17.8 Å². The number of aromatic nitrogens is 1. The highest BCUT2D eigenvalue weighted by Crippen LogP contribution is 2.29. The van der Waals surface area contributed by atoms with E-state index in [-0.39, 0.29) is 12.4 Å². The van der Waals surface area contributed by atoms with Crippen molar-refractivity contribution in [1.29, 1.82) is 0 Å². The van der Waals surface area contributed by atoms with Gasteiger partial charge in [0.25, 0.3) is 0 Å². The summed E-state index contributed by atoms with van der Waals surface area (Å²) in [5.74, 6) is 0. The molecule has 0 unspecified atom stereocenters. The van der Waals surface area contributed by atoms with Gasteiger partial charge in [-0.05, 0) is 17.5 Å². The summed E-state index contributed by atoms with van der Waals surface area (Å²) in [4.78, 5) is 3.97. The minimum absolute atomic E-state index is 0. The summed E-state index contributed by atoms with van der Waals surface area (Å²) in [5.41, 5.74) is 0. The lowest BCUT2D eigenvalue weighted by molar-refractivity contribution is 1.36. The molecule has 0 aliphatic rings. The van der Waals surface area contributed by atoms with Gasteiger partial charge in [-0.25, -0.2) is 0 Å². The lowest BCUT2D eigenvalue weighted by atomic mass is 10.2. The Kier molecular flexibility index (Phi) is 3.37. The predicted octanol–water partition coefficient (Wildman–Crippen LogP) is 3.96. The van der Waals surface area contributed by atoms with E-state index in [9.17, 15) is 0 Å². The van der Waals surface area contributed by atoms with E-state index in [4.69, 9.17) is 23.2 Å². The molecular formula is C9H6Cl3N. The Morgan fingerprint density at radius 2 is 1.85 bits per heavy atom.